The molecule has 82 valence electrons. The van der Waals surface area contributed by atoms with Gasteiger partial charge in [0.05, 0.1) is 0 Å². The number of unbranched alkanes of at least 4 members (excludes halogenated alkanes) is 1. The van der Waals surface area contributed by atoms with Crippen molar-refractivity contribution in [3.8, 4) is 0 Å². The highest BCUT2D eigenvalue weighted by molar-refractivity contribution is 6.06. The van der Waals surface area contributed by atoms with E-state index in [1.165, 1.54) is 0 Å². The van der Waals surface area contributed by atoms with Crippen LogP contribution in [0.5, 0.6) is 0 Å². The van der Waals surface area contributed by atoms with Crippen molar-refractivity contribution in [2.75, 3.05) is 0 Å². The predicted octanol–water partition coefficient (Wildman–Crippen LogP) is 1.80. The number of hydrogen-bond donors (Lipinski definition) is 1. The molecule has 0 bridgehead atoms. The molecule has 0 aliphatic heterocycles. The maximum absolute atomic E-state index is 12.7. The van der Waals surface area contributed by atoms with E-state index in [4.69, 9.17) is 5.11 Å². The van der Waals surface area contributed by atoms with Crippen molar-refractivity contribution in [3.63, 3.8) is 0 Å². The Bertz CT molecular complexity index is 228. The zero-order valence-corrected chi connectivity index (χ0v) is 7.60. The zero-order chi connectivity index (χ0) is 11.4. The molecule has 1 unspecified atom stereocenters. The maximum atomic E-state index is 12.7. The van der Waals surface area contributed by atoms with Crippen molar-refractivity contribution in [1.29, 1.82) is 0 Å². The van der Waals surface area contributed by atoms with Gasteiger partial charge in [-0.1, -0.05) is 19.8 Å². The molecule has 0 spiro atoms. The van der Waals surface area contributed by atoms with Crippen molar-refractivity contribution in [2.24, 2.45) is 0 Å². The molecule has 0 aromatic rings. The summed E-state index contributed by atoms with van der Waals surface area (Å²) in [5.74, 6) is -9.40. The van der Waals surface area contributed by atoms with Crippen LogP contribution in [0.15, 0.2) is 0 Å². The van der Waals surface area contributed by atoms with Gasteiger partial charge < -0.3 is 5.11 Å². The van der Waals surface area contributed by atoms with Crippen LogP contribution in [0, 0.1) is 0 Å². The molecule has 0 saturated carbocycles. The highest BCUT2D eigenvalue weighted by Crippen LogP contribution is 2.20. The van der Waals surface area contributed by atoms with Crippen LogP contribution >= 0.6 is 0 Å². The van der Waals surface area contributed by atoms with Gasteiger partial charge in [0.2, 0.25) is 5.78 Å². The van der Waals surface area contributed by atoms with Gasteiger partial charge in [0.1, 0.15) is 0 Å². The maximum Gasteiger partial charge on any atom is 0.402 e. The molecule has 0 aliphatic carbocycles. The van der Waals surface area contributed by atoms with Crippen LogP contribution in [0.1, 0.15) is 26.2 Å². The summed E-state index contributed by atoms with van der Waals surface area (Å²) in [7, 11) is 0. The number of carboxylic acids is 1. The van der Waals surface area contributed by atoms with E-state index < -0.39 is 23.8 Å². The first-order valence-corrected chi connectivity index (χ1v) is 4.13. The van der Waals surface area contributed by atoms with E-state index in [0.717, 1.165) is 0 Å². The quantitative estimate of drug-likeness (QED) is 0.683. The minimum Gasteiger partial charge on any atom is -0.476 e. The van der Waals surface area contributed by atoms with Crippen LogP contribution in [0.4, 0.5) is 13.2 Å². The molecule has 0 aliphatic rings. The summed E-state index contributed by atoms with van der Waals surface area (Å²) in [6, 6.07) is 0. The second kappa shape index (κ2) is 4.97. The summed E-state index contributed by atoms with van der Waals surface area (Å²) in [6.07, 6.45) is -1.95. The number of rotatable bonds is 6. The molecule has 0 radical (unpaired) electrons. The molecule has 0 aromatic heterocycles. The Morgan fingerprint density at radius 2 is 1.93 bits per heavy atom. The van der Waals surface area contributed by atoms with Crippen LogP contribution in [0.2, 0.25) is 0 Å². The van der Waals surface area contributed by atoms with E-state index in [-0.39, 0.29) is 12.8 Å². The largest absolute Gasteiger partial charge is 0.476 e. The second-order valence-corrected chi connectivity index (χ2v) is 2.85. The zero-order valence-electron chi connectivity index (χ0n) is 7.60. The molecule has 1 N–H and O–H groups in total. The average Bonchev–Trinajstić information content (AvgIpc) is 2.12. The highest BCUT2D eigenvalue weighted by atomic mass is 19.3. The lowest BCUT2D eigenvalue weighted by Gasteiger charge is -2.12. The van der Waals surface area contributed by atoms with Crippen LogP contribution < -0.4 is 0 Å². The Balaban J connectivity index is 4.38. The number of carbonyl (C=O) groups is 2. The number of aliphatic carboxylic acids is 1. The number of halogens is 3. The summed E-state index contributed by atoms with van der Waals surface area (Å²) in [5, 5.41) is 7.95. The first-order chi connectivity index (χ1) is 6.34. The standard InChI is InChI=1S/C8H11F3O3/c1-2-3-4-5(9)6(12)8(10,11)7(13)14/h5H,2-4H2,1H3,(H,13,14). The lowest BCUT2D eigenvalue weighted by molar-refractivity contribution is -0.174. The van der Waals surface area contributed by atoms with Gasteiger partial charge >= 0.3 is 11.9 Å². The molecule has 0 fully saturated rings. The van der Waals surface area contributed by atoms with Gasteiger partial charge in [-0.3, -0.25) is 4.79 Å². The Kier molecular flexibility index (Phi) is 4.59. The third-order valence-electron chi connectivity index (χ3n) is 1.67. The molecule has 0 aromatic carbocycles. The minimum absolute atomic E-state index is 0.266. The van der Waals surface area contributed by atoms with Crippen molar-refractivity contribution in [2.45, 2.75) is 38.3 Å². The number of carbonyl (C=O) groups excluding carboxylic acids is 1. The topological polar surface area (TPSA) is 54.4 Å². The molecule has 0 rings (SSSR count). The number of alkyl halides is 3. The molecule has 6 heteroatoms. The molecular weight excluding hydrogens is 201 g/mol. The first kappa shape index (κ1) is 12.9. The number of Topliss-reactive ketones (excluding diaryl/α,β-unsaturated/α-hetero) is 1. The fourth-order valence-corrected chi connectivity index (χ4v) is 0.817. The predicted molar refractivity (Wildman–Crippen MR) is 42.0 cm³/mol. The Labute approximate surface area is 78.9 Å². The first-order valence-electron chi connectivity index (χ1n) is 4.13. The van der Waals surface area contributed by atoms with E-state index in [9.17, 15) is 22.8 Å². The van der Waals surface area contributed by atoms with Crippen LogP contribution in [0.25, 0.3) is 0 Å². The lowest BCUT2D eigenvalue weighted by atomic mass is 10.1. The Hall–Kier alpha value is -1.07. The molecule has 0 saturated heterocycles. The lowest BCUT2D eigenvalue weighted by Crippen LogP contribution is -2.42. The van der Waals surface area contributed by atoms with Gasteiger partial charge in [0, 0.05) is 0 Å². The van der Waals surface area contributed by atoms with E-state index in [0.29, 0.717) is 6.42 Å². The molecule has 0 heterocycles. The summed E-state index contributed by atoms with van der Waals surface area (Å²) >= 11 is 0. The Morgan fingerprint density at radius 3 is 2.29 bits per heavy atom. The third-order valence-corrected chi connectivity index (χ3v) is 1.67. The molecule has 0 amide bonds. The van der Waals surface area contributed by atoms with E-state index in [1.807, 2.05) is 0 Å². The number of ketones is 1. The third kappa shape index (κ3) is 3.01. The number of carboxylic acid groups (broad SMARTS) is 1. The molecular formula is C8H11F3O3. The SMILES string of the molecule is CCCCC(F)C(=O)C(F)(F)C(=O)O. The monoisotopic (exact) mass is 212 g/mol. The van der Waals surface area contributed by atoms with Gasteiger partial charge in [-0.25, -0.2) is 9.18 Å². The van der Waals surface area contributed by atoms with Gasteiger partial charge in [-0.05, 0) is 6.42 Å². The minimum atomic E-state index is -4.62. The normalized spacial score (nSPS) is 13.7. The van der Waals surface area contributed by atoms with Gasteiger partial charge in [-0.15, -0.1) is 0 Å². The second-order valence-electron chi connectivity index (χ2n) is 2.85. The average molecular weight is 212 g/mol. The summed E-state index contributed by atoms with van der Waals surface area (Å²) in [5.41, 5.74) is 0. The molecule has 14 heavy (non-hydrogen) atoms. The highest BCUT2D eigenvalue weighted by Gasteiger charge is 2.50. The Morgan fingerprint density at radius 1 is 1.43 bits per heavy atom. The van der Waals surface area contributed by atoms with Crippen molar-refractivity contribution < 1.29 is 27.9 Å². The smallest absolute Gasteiger partial charge is 0.402 e. The van der Waals surface area contributed by atoms with E-state index in [1.54, 1.807) is 6.92 Å². The van der Waals surface area contributed by atoms with Gasteiger partial charge in [0.25, 0.3) is 0 Å². The van der Waals surface area contributed by atoms with Gasteiger partial charge in [0.15, 0.2) is 6.17 Å². The van der Waals surface area contributed by atoms with Crippen molar-refractivity contribution >= 4 is 11.8 Å². The van der Waals surface area contributed by atoms with Crippen LogP contribution in [0.3, 0.4) is 0 Å². The van der Waals surface area contributed by atoms with Crippen LogP contribution in [-0.2, 0) is 9.59 Å². The van der Waals surface area contributed by atoms with Crippen LogP contribution in [-0.4, -0.2) is 29.0 Å². The summed E-state index contributed by atoms with van der Waals surface area (Å²) < 4.78 is 37.6. The summed E-state index contributed by atoms with van der Waals surface area (Å²) in [6.45, 7) is 1.70. The number of hydrogen-bond acceptors (Lipinski definition) is 2. The molecule has 1 atom stereocenters. The van der Waals surface area contributed by atoms with E-state index in [2.05, 4.69) is 0 Å². The van der Waals surface area contributed by atoms with Gasteiger partial charge in [-0.2, -0.15) is 8.78 Å². The van der Waals surface area contributed by atoms with Crippen molar-refractivity contribution in [3.05, 3.63) is 0 Å². The summed E-state index contributed by atoms with van der Waals surface area (Å²) in [4.78, 5) is 20.5. The van der Waals surface area contributed by atoms with Crippen molar-refractivity contribution in [1.82, 2.24) is 0 Å². The fraction of sp³-hybridized carbons (Fsp3) is 0.750. The van der Waals surface area contributed by atoms with E-state index >= 15 is 0 Å². The molecule has 3 nitrogen and oxygen atoms in total. The fourth-order valence-electron chi connectivity index (χ4n) is 0.817.